The van der Waals surface area contributed by atoms with Gasteiger partial charge in [-0.2, -0.15) is 0 Å². The van der Waals surface area contributed by atoms with Crippen LogP contribution < -0.4 is 5.32 Å². The standard InChI is InChI=1S/C12H18N2O4/c1-3-9(7-15)6-14(12(17)13-2)11-5-4-10(8-16)18-11/h4-7,10-11,16H,3,8H2,1-2H3,(H,13,17)/b9-6-. The molecule has 2 N–H and O–H groups in total. The highest BCUT2D eigenvalue weighted by Crippen LogP contribution is 2.17. The van der Waals surface area contributed by atoms with E-state index in [1.165, 1.54) is 18.1 Å². The van der Waals surface area contributed by atoms with Gasteiger partial charge >= 0.3 is 6.03 Å². The van der Waals surface area contributed by atoms with Gasteiger partial charge in [0.25, 0.3) is 0 Å². The molecular weight excluding hydrogens is 236 g/mol. The van der Waals surface area contributed by atoms with E-state index in [4.69, 9.17) is 9.84 Å². The van der Waals surface area contributed by atoms with Crippen molar-refractivity contribution in [2.45, 2.75) is 25.7 Å². The van der Waals surface area contributed by atoms with Crippen molar-refractivity contribution in [3.8, 4) is 0 Å². The van der Waals surface area contributed by atoms with Crippen LogP contribution in [0, 0.1) is 0 Å². The Balaban J connectivity index is 2.87. The molecule has 1 rings (SSSR count). The van der Waals surface area contributed by atoms with Gasteiger partial charge in [-0.25, -0.2) is 4.79 Å². The summed E-state index contributed by atoms with van der Waals surface area (Å²) in [7, 11) is 1.50. The van der Waals surface area contributed by atoms with E-state index in [0.717, 1.165) is 0 Å². The van der Waals surface area contributed by atoms with E-state index in [1.54, 1.807) is 12.2 Å². The minimum atomic E-state index is -0.608. The minimum absolute atomic E-state index is 0.146. The molecule has 0 aromatic rings. The van der Waals surface area contributed by atoms with Crippen molar-refractivity contribution in [3.63, 3.8) is 0 Å². The number of nitrogens with one attached hydrogen (secondary N) is 1. The molecule has 0 aromatic carbocycles. The summed E-state index contributed by atoms with van der Waals surface area (Å²) in [5.41, 5.74) is 0.489. The lowest BCUT2D eigenvalue weighted by molar-refractivity contribution is -0.105. The Morgan fingerprint density at radius 1 is 1.56 bits per heavy atom. The highest BCUT2D eigenvalue weighted by atomic mass is 16.5. The van der Waals surface area contributed by atoms with Crippen LogP contribution in [0.3, 0.4) is 0 Å². The molecule has 2 amide bonds. The van der Waals surface area contributed by atoms with Gasteiger partial charge in [-0.3, -0.25) is 9.69 Å². The summed E-state index contributed by atoms with van der Waals surface area (Å²) in [6, 6.07) is -0.379. The number of amides is 2. The van der Waals surface area contributed by atoms with E-state index in [9.17, 15) is 9.59 Å². The number of carbonyl (C=O) groups excluding carboxylic acids is 2. The molecule has 0 spiro atoms. The Kier molecular flexibility index (Phi) is 5.54. The summed E-state index contributed by atoms with van der Waals surface area (Å²) in [5.74, 6) is 0. The zero-order chi connectivity index (χ0) is 13.5. The number of hydrogen-bond acceptors (Lipinski definition) is 4. The molecule has 18 heavy (non-hydrogen) atoms. The van der Waals surface area contributed by atoms with Crippen LogP contribution in [0.5, 0.6) is 0 Å². The van der Waals surface area contributed by atoms with Crippen molar-refractivity contribution in [1.82, 2.24) is 10.2 Å². The first-order valence-electron chi connectivity index (χ1n) is 5.76. The molecule has 2 atom stereocenters. The first kappa shape index (κ1) is 14.4. The lowest BCUT2D eigenvalue weighted by Crippen LogP contribution is -2.42. The molecule has 0 aliphatic carbocycles. The molecule has 6 nitrogen and oxygen atoms in total. The van der Waals surface area contributed by atoms with Crippen LogP contribution in [0.15, 0.2) is 23.9 Å². The van der Waals surface area contributed by atoms with Gasteiger partial charge in [-0.1, -0.05) is 13.0 Å². The third-order valence-corrected chi connectivity index (χ3v) is 2.57. The monoisotopic (exact) mass is 254 g/mol. The highest BCUT2D eigenvalue weighted by Gasteiger charge is 2.26. The van der Waals surface area contributed by atoms with Gasteiger partial charge in [0.1, 0.15) is 12.4 Å². The number of aliphatic hydroxyl groups is 1. The number of allylic oxidation sites excluding steroid dienone is 1. The first-order chi connectivity index (χ1) is 8.65. The summed E-state index contributed by atoms with van der Waals surface area (Å²) in [5, 5.41) is 11.4. The number of hydrogen-bond donors (Lipinski definition) is 2. The van der Waals surface area contributed by atoms with Crippen molar-refractivity contribution in [2.75, 3.05) is 13.7 Å². The Morgan fingerprint density at radius 2 is 2.28 bits per heavy atom. The van der Waals surface area contributed by atoms with Gasteiger partial charge in [-0.15, -0.1) is 0 Å². The second kappa shape index (κ2) is 6.93. The third-order valence-electron chi connectivity index (χ3n) is 2.57. The minimum Gasteiger partial charge on any atom is -0.393 e. The van der Waals surface area contributed by atoms with Crippen LogP contribution >= 0.6 is 0 Å². The van der Waals surface area contributed by atoms with Crippen molar-refractivity contribution >= 4 is 12.3 Å². The Bertz CT molecular complexity index is 365. The lowest BCUT2D eigenvalue weighted by atomic mass is 10.2. The molecule has 2 unspecified atom stereocenters. The van der Waals surface area contributed by atoms with E-state index in [2.05, 4.69) is 5.32 Å². The van der Waals surface area contributed by atoms with E-state index >= 15 is 0 Å². The largest absolute Gasteiger partial charge is 0.393 e. The molecule has 0 bridgehead atoms. The average Bonchev–Trinajstić information content (AvgIpc) is 2.88. The van der Waals surface area contributed by atoms with Gasteiger partial charge in [0.05, 0.1) is 6.61 Å². The number of nitrogens with zero attached hydrogens (tertiary/aromatic N) is 1. The molecular formula is C12H18N2O4. The third kappa shape index (κ3) is 3.41. The Labute approximate surface area is 106 Å². The van der Waals surface area contributed by atoms with E-state index in [1.807, 2.05) is 6.92 Å². The molecule has 1 aliphatic heterocycles. The number of rotatable bonds is 5. The maximum absolute atomic E-state index is 11.7. The Morgan fingerprint density at radius 3 is 2.72 bits per heavy atom. The molecule has 0 aromatic heterocycles. The number of urea groups is 1. The maximum Gasteiger partial charge on any atom is 0.323 e. The summed E-state index contributed by atoms with van der Waals surface area (Å²) >= 11 is 0. The molecule has 1 aliphatic rings. The quantitative estimate of drug-likeness (QED) is 0.423. The van der Waals surface area contributed by atoms with Gasteiger partial charge in [0.2, 0.25) is 0 Å². The van der Waals surface area contributed by atoms with E-state index in [-0.39, 0.29) is 12.6 Å². The molecule has 6 heteroatoms. The number of carbonyl (C=O) groups is 2. The smallest absolute Gasteiger partial charge is 0.323 e. The number of aldehydes is 1. The van der Waals surface area contributed by atoms with Crippen molar-refractivity contribution in [2.24, 2.45) is 0 Å². The van der Waals surface area contributed by atoms with Gasteiger partial charge < -0.3 is 15.2 Å². The highest BCUT2D eigenvalue weighted by molar-refractivity contribution is 5.78. The van der Waals surface area contributed by atoms with Crippen LogP contribution in [-0.4, -0.2) is 48.3 Å². The summed E-state index contributed by atoms with van der Waals surface area (Å²) in [6.07, 6.45) is 5.02. The topological polar surface area (TPSA) is 78.9 Å². The van der Waals surface area contributed by atoms with Crippen molar-refractivity contribution in [1.29, 1.82) is 0 Å². The predicted octanol–water partition coefficient (Wildman–Crippen LogP) is 0.394. The molecule has 0 saturated carbocycles. The van der Waals surface area contributed by atoms with Crippen molar-refractivity contribution < 1.29 is 19.4 Å². The van der Waals surface area contributed by atoms with Crippen LogP contribution in [0.1, 0.15) is 13.3 Å². The van der Waals surface area contributed by atoms with Crippen LogP contribution in [0.4, 0.5) is 4.79 Å². The first-order valence-corrected chi connectivity index (χ1v) is 5.76. The van der Waals surface area contributed by atoms with E-state index in [0.29, 0.717) is 18.3 Å². The summed E-state index contributed by atoms with van der Waals surface area (Å²) < 4.78 is 5.43. The van der Waals surface area contributed by atoms with E-state index < -0.39 is 12.3 Å². The van der Waals surface area contributed by atoms with Crippen LogP contribution in [0.25, 0.3) is 0 Å². The SMILES string of the molecule is CC/C(C=O)=C/N(C(=O)NC)C1C=CC(CO)O1. The molecule has 100 valence electrons. The molecule has 0 saturated heterocycles. The molecule has 0 fully saturated rings. The molecule has 1 heterocycles. The van der Waals surface area contributed by atoms with Crippen LogP contribution in [-0.2, 0) is 9.53 Å². The fourth-order valence-electron chi connectivity index (χ4n) is 1.51. The van der Waals surface area contributed by atoms with Crippen LogP contribution in [0.2, 0.25) is 0 Å². The fourth-order valence-corrected chi connectivity index (χ4v) is 1.51. The zero-order valence-corrected chi connectivity index (χ0v) is 10.5. The van der Waals surface area contributed by atoms with Crippen molar-refractivity contribution in [3.05, 3.63) is 23.9 Å². The van der Waals surface area contributed by atoms with Gasteiger partial charge in [-0.05, 0) is 12.5 Å². The second-order valence-electron chi connectivity index (χ2n) is 3.77. The molecule has 0 radical (unpaired) electrons. The maximum atomic E-state index is 11.7. The lowest BCUT2D eigenvalue weighted by Gasteiger charge is -2.25. The predicted molar refractivity (Wildman–Crippen MR) is 65.6 cm³/mol. The Hall–Kier alpha value is -1.66. The van der Waals surface area contributed by atoms with Gasteiger partial charge in [0, 0.05) is 18.8 Å². The fraction of sp³-hybridized carbons (Fsp3) is 0.500. The second-order valence-corrected chi connectivity index (χ2v) is 3.77. The average molecular weight is 254 g/mol. The number of ether oxygens (including phenoxy) is 1. The summed E-state index contributed by atoms with van der Waals surface area (Å²) in [4.78, 5) is 23.8. The summed E-state index contributed by atoms with van der Waals surface area (Å²) in [6.45, 7) is 1.68. The number of aliphatic hydroxyl groups excluding tert-OH is 1. The zero-order valence-electron chi connectivity index (χ0n) is 10.5. The normalized spacial score (nSPS) is 22.9. The van der Waals surface area contributed by atoms with Gasteiger partial charge in [0.15, 0.2) is 6.23 Å².